The van der Waals surface area contributed by atoms with Crippen LogP contribution in [-0.4, -0.2) is 39.5 Å². The summed E-state index contributed by atoms with van der Waals surface area (Å²) in [4.78, 5) is 28.4. The highest BCUT2D eigenvalue weighted by Gasteiger charge is 2.18. The van der Waals surface area contributed by atoms with Crippen molar-refractivity contribution in [3.63, 3.8) is 0 Å². The van der Waals surface area contributed by atoms with E-state index in [0.29, 0.717) is 23.8 Å². The van der Waals surface area contributed by atoms with Gasteiger partial charge in [0, 0.05) is 24.4 Å². The van der Waals surface area contributed by atoms with Gasteiger partial charge in [0.15, 0.2) is 5.13 Å². The van der Waals surface area contributed by atoms with E-state index in [0.717, 1.165) is 0 Å². The van der Waals surface area contributed by atoms with E-state index in [9.17, 15) is 9.59 Å². The van der Waals surface area contributed by atoms with E-state index in [2.05, 4.69) is 4.98 Å². The molecule has 0 aliphatic carbocycles. The lowest BCUT2D eigenvalue weighted by Crippen LogP contribution is -2.39. The van der Waals surface area contributed by atoms with Crippen LogP contribution in [-0.2, 0) is 16.0 Å². The summed E-state index contributed by atoms with van der Waals surface area (Å²) in [6.07, 6.45) is 0.734. The summed E-state index contributed by atoms with van der Waals surface area (Å²) >= 11 is 1.31. The fraction of sp³-hybridized carbons (Fsp3) is 0.583. The number of aliphatic carboxylic acids is 1. The van der Waals surface area contributed by atoms with E-state index in [1.54, 1.807) is 10.3 Å². The lowest BCUT2D eigenvalue weighted by Gasteiger charge is -2.26. The van der Waals surface area contributed by atoms with E-state index in [-0.39, 0.29) is 24.8 Å². The van der Waals surface area contributed by atoms with Crippen molar-refractivity contribution in [1.82, 2.24) is 9.88 Å². The Balaban J connectivity index is 2.55. The second-order valence-corrected chi connectivity index (χ2v) is 5.42. The number of rotatable bonds is 7. The van der Waals surface area contributed by atoms with Gasteiger partial charge in [-0.15, -0.1) is 11.3 Å². The first-order valence-corrected chi connectivity index (χ1v) is 6.99. The van der Waals surface area contributed by atoms with E-state index in [1.165, 1.54) is 11.3 Å². The van der Waals surface area contributed by atoms with Crippen LogP contribution in [0.1, 0.15) is 32.4 Å². The summed E-state index contributed by atoms with van der Waals surface area (Å²) in [6.45, 7) is 4.27. The van der Waals surface area contributed by atoms with E-state index < -0.39 is 5.97 Å². The van der Waals surface area contributed by atoms with Crippen molar-refractivity contribution in [3.8, 4) is 0 Å². The van der Waals surface area contributed by atoms with Gasteiger partial charge >= 0.3 is 5.97 Å². The Hall–Kier alpha value is -1.63. The number of carbonyl (C=O) groups is 2. The Morgan fingerprint density at radius 3 is 2.68 bits per heavy atom. The standard InChI is InChI=1S/C12H19N3O3S/c1-8(2)15(5-3-4-11(17)18)10(16)6-9-7-19-12(13)14-9/h7-8H,3-6H2,1-2H3,(H2,13,14)(H,17,18). The number of thiazole rings is 1. The second-order valence-electron chi connectivity index (χ2n) is 4.53. The summed E-state index contributed by atoms with van der Waals surface area (Å²) < 4.78 is 0. The molecule has 0 spiro atoms. The Morgan fingerprint density at radius 1 is 1.53 bits per heavy atom. The number of amides is 1. The second kappa shape index (κ2) is 7.08. The van der Waals surface area contributed by atoms with E-state index >= 15 is 0 Å². The zero-order valence-electron chi connectivity index (χ0n) is 11.1. The summed E-state index contributed by atoms with van der Waals surface area (Å²) in [7, 11) is 0. The number of hydrogen-bond donors (Lipinski definition) is 2. The van der Waals surface area contributed by atoms with Crippen LogP contribution in [0.3, 0.4) is 0 Å². The van der Waals surface area contributed by atoms with E-state index in [1.807, 2.05) is 13.8 Å². The molecule has 3 N–H and O–H groups in total. The van der Waals surface area contributed by atoms with Gasteiger partial charge < -0.3 is 15.7 Å². The first-order valence-electron chi connectivity index (χ1n) is 6.11. The lowest BCUT2D eigenvalue weighted by molar-refractivity contribution is -0.138. The lowest BCUT2D eigenvalue weighted by atomic mass is 10.2. The smallest absolute Gasteiger partial charge is 0.303 e. The van der Waals surface area contributed by atoms with Crippen LogP contribution in [0.5, 0.6) is 0 Å². The average molecular weight is 285 g/mol. The van der Waals surface area contributed by atoms with Gasteiger partial charge in [0.1, 0.15) is 0 Å². The fourth-order valence-corrected chi connectivity index (χ4v) is 2.29. The van der Waals surface area contributed by atoms with Gasteiger partial charge in [0.2, 0.25) is 5.91 Å². The van der Waals surface area contributed by atoms with Crippen LogP contribution >= 0.6 is 11.3 Å². The van der Waals surface area contributed by atoms with Crippen molar-refractivity contribution in [3.05, 3.63) is 11.1 Å². The molecule has 0 saturated heterocycles. The quantitative estimate of drug-likeness (QED) is 0.788. The molecule has 1 aromatic rings. The highest BCUT2D eigenvalue weighted by molar-refractivity contribution is 7.13. The molecular weight excluding hydrogens is 266 g/mol. The minimum absolute atomic E-state index is 0.0391. The Kier molecular flexibility index (Phi) is 5.75. The van der Waals surface area contributed by atoms with Crippen molar-refractivity contribution in [2.75, 3.05) is 12.3 Å². The van der Waals surface area contributed by atoms with Crippen LogP contribution in [0.15, 0.2) is 5.38 Å². The number of anilines is 1. The van der Waals surface area contributed by atoms with Crippen molar-refractivity contribution >= 4 is 28.3 Å². The first-order chi connectivity index (χ1) is 8.90. The highest BCUT2D eigenvalue weighted by Crippen LogP contribution is 2.13. The molecule has 1 amide bonds. The molecular formula is C12H19N3O3S. The number of carboxylic acids is 1. The van der Waals surface area contributed by atoms with E-state index in [4.69, 9.17) is 10.8 Å². The number of carboxylic acid groups (broad SMARTS) is 1. The molecule has 1 heterocycles. The monoisotopic (exact) mass is 285 g/mol. The number of aromatic nitrogens is 1. The minimum atomic E-state index is -0.844. The first kappa shape index (κ1) is 15.4. The molecule has 0 fully saturated rings. The molecule has 0 aliphatic heterocycles. The summed E-state index contributed by atoms with van der Waals surface area (Å²) in [6, 6.07) is 0.0391. The molecule has 1 rings (SSSR count). The summed E-state index contributed by atoms with van der Waals surface area (Å²) in [5, 5.41) is 10.8. The Labute approximate surface area is 116 Å². The number of nitrogens with zero attached hydrogens (tertiary/aromatic N) is 2. The number of hydrogen-bond acceptors (Lipinski definition) is 5. The summed E-state index contributed by atoms with van der Waals surface area (Å²) in [5.74, 6) is -0.894. The summed E-state index contributed by atoms with van der Waals surface area (Å²) in [5.41, 5.74) is 6.18. The highest BCUT2D eigenvalue weighted by atomic mass is 32.1. The Bertz CT molecular complexity index is 445. The van der Waals surface area contributed by atoms with Crippen molar-refractivity contribution in [1.29, 1.82) is 0 Å². The number of carbonyl (C=O) groups excluding carboxylic acids is 1. The van der Waals surface area contributed by atoms with Crippen molar-refractivity contribution in [2.45, 2.75) is 39.2 Å². The maximum Gasteiger partial charge on any atom is 0.303 e. The predicted octanol–water partition coefficient (Wildman–Crippen LogP) is 1.37. The SMILES string of the molecule is CC(C)N(CCCC(=O)O)C(=O)Cc1csc(N)n1. The molecule has 1 aromatic heterocycles. The van der Waals surface area contributed by atoms with Crippen molar-refractivity contribution < 1.29 is 14.7 Å². The molecule has 0 aliphatic rings. The van der Waals surface area contributed by atoms with Crippen LogP contribution in [0.4, 0.5) is 5.13 Å². The van der Waals surface area contributed by atoms with Crippen LogP contribution in [0.25, 0.3) is 0 Å². The maximum atomic E-state index is 12.1. The van der Waals surface area contributed by atoms with Gasteiger partial charge in [-0.3, -0.25) is 9.59 Å². The molecule has 7 heteroatoms. The molecule has 0 unspecified atom stereocenters. The zero-order chi connectivity index (χ0) is 14.4. The van der Waals surface area contributed by atoms with Gasteiger partial charge in [0.05, 0.1) is 12.1 Å². The Morgan fingerprint density at radius 2 is 2.21 bits per heavy atom. The number of nitrogens with two attached hydrogens (primary N) is 1. The zero-order valence-corrected chi connectivity index (χ0v) is 11.9. The number of nitrogen functional groups attached to an aromatic ring is 1. The molecule has 0 aromatic carbocycles. The third-order valence-corrected chi connectivity index (χ3v) is 3.36. The predicted molar refractivity (Wildman–Crippen MR) is 73.9 cm³/mol. The topological polar surface area (TPSA) is 96.5 Å². The molecule has 19 heavy (non-hydrogen) atoms. The fourth-order valence-electron chi connectivity index (χ4n) is 1.73. The largest absolute Gasteiger partial charge is 0.481 e. The molecule has 0 saturated carbocycles. The normalized spacial score (nSPS) is 10.7. The minimum Gasteiger partial charge on any atom is -0.481 e. The molecule has 6 nitrogen and oxygen atoms in total. The molecule has 0 radical (unpaired) electrons. The van der Waals surface area contributed by atoms with Gasteiger partial charge in [-0.1, -0.05) is 0 Å². The van der Waals surface area contributed by atoms with Crippen molar-refractivity contribution in [2.24, 2.45) is 0 Å². The van der Waals surface area contributed by atoms with Crippen LogP contribution in [0.2, 0.25) is 0 Å². The van der Waals surface area contributed by atoms with Crippen LogP contribution in [0, 0.1) is 0 Å². The molecule has 0 bridgehead atoms. The van der Waals surface area contributed by atoms with Gasteiger partial charge in [-0.2, -0.15) is 0 Å². The van der Waals surface area contributed by atoms with Crippen LogP contribution < -0.4 is 5.73 Å². The third kappa shape index (κ3) is 5.25. The third-order valence-electron chi connectivity index (χ3n) is 2.64. The molecule has 0 atom stereocenters. The maximum absolute atomic E-state index is 12.1. The van der Waals surface area contributed by atoms with Gasteiger partial charge in [0.25, 0.3) is 0 Å². The van der Waals surface area contributed by atoms with Gasteiger partial charge in [-0.05, 0) is 20.3 Å². The molecule has 106 valence electrons. The van der Waals surface area contributed by atoms with Gasteiger partial charge in [-0.25, -0.2) is 4.98 Å². The average Bonchev–Trinajstić information content (AvgIpc) is 2.69.